The number of pyridine rings is 1. The summed E-state index contributed by atoms with van der Waals surface area (Å²) in [5.74, 6) is 0.803. The Kier molecular flexibility index (Phi) is 3.88. The van der Waals surface area contributed by atoms with E-state index in [9.17, 15) is 4.39 Å². The molecule has 1 N–H and O–H groups in total. The predicted octanol–water partition coefficient (Wildman–Crippen LogP) is 3.87. The number of halogens is 1. The minimum atomic E-state index is -0.324. The van der Waals surface area contributed by atoms with Gasteiger partial charge in [-0.15, -0.1) is 10.2 Å². The molecule has 0 spiro atoms. The Morgan fingerprint density at radius 2 is 1.68 bits per heavy atom. The molecule has 0 aliphatic heterocycles. The Hall–Kier alpha value is -3.61. The number of H-pyrrole nitrogens is 1. The van der Waals surface area contributed by atoms with Gasteiger partial charge in [0.05, 0.1) is 5.69 Å². The van der Waals surface area contributed by atoms with Gasteiger partial charge in [0.15, 0.2) is 0 Å². The SMILES string of the molecule is Fc1ccccc1N(c1ccc(-c2nn[nH]n2)cc1)c1ccccn1. The number of tetrazole rings is 1. The van der Waals surface area contributed by atoms with Crippen molar-refractivity contribution in [3.63, 3.8) is 0 Å². The second-order valence-electron chi connectivity index (χ2n) is 5.26. The third-order valence-corrected chi connectivity index (χ3v) is 3.70. The molecule has 2 heterocycles. The highest BCUT2D eigenvalue weighted by molar-refractivity contribution is 5.75. The summed E-state index contributed by atoms with van der Waals surface area (Å²) < 4.78 is 14.4. The Balaban J connectivity index is 1.80. The zero-order valence-electron chi connectivity index (χ0n) is 13.0. The van der Waals surface area contributed by atoms with Gasteiger partial charge in [0.1, 0.15) is 11.6 Å². The Morgan fingerprint density at radius 3 is 2.36 bits per heavy atom. The van der Waals surface area contributed by atoms with Crippen molar-refractivity contribution < 1.29 is 4.39 Å². The van der Waals surface area contributed by atoms with E-state index in [2.05, 4.69) is 25.6 Å². The summed E-state index contributed by atoms with van der Waals surface area (Å²) in [5.41, 5.74) is 2.01. The van der Waals surface area contributed by atoms with Crippen LogP contribution in [0.2, 0.25) is 0 Å². The lowest BCUT2D eigenvalue weighted by molar-refractivity contribution is 0.628. The molecular formula is C18H13FN6. The zero-order chi connectivity index (χ0) is 17.1. The number of benzene rings is 2. The molecular weight excluding hydrogens is 319 g/mol. The molecule has 0 amide bonds. The van der Waals surface area contributed by atoms with Crippen LogP contribution >= 0.6 is 0 Å². The number of nitrogens with zero attached hydrogens (tertiary/aromatic N) is 5. The fourth-order valence-electron chi connectivity index (χ4n) is 2.56. The van der Waals surface area contributed by atoms with Crippen LogP contribution in [0.25, 0.3) is 11.4 Å². The first-order chi connectivity index (χ1) is 12.3. The van der Waals surface area contributed by atoms with Crippen LogP contribution in [0.3, 0.4) is 0 Å². The molecule has 4 aromatic rings. The molecule has 0 aliphatic rings. The van der Waals surface area contributed by atoms with Crippen LogP contribution in [0.15, 0.2) is 72.9 Å². The van der Waals surface area contributed by atoms with Crippen molar-refractivity contribution in [2.45, 2.75) is 0 Å². The topological polar surface area (TPSA) is 70.6 Å². The molecule has 0 unspecified atom stereocenters. The Morgan fingerprint density at radius 1 is 0.880 bits per heavy atom. The van der Waals surface area contributed by atoms with Crippen molar-refractivity contribution in [3.8, 4) is 11.4 Å². The van der Waals surface area contributed by atoms with Crippen LogP contribution in [-0.4, -0.2) is 25.6 Å². The molecule has 0 radical (unpaired) electrons. The monoisotopic (exact) mass is 332 g/mol. The van der Waals surface area contributed by atoms with Crippen molar-refractivity contribution in [2.75, 3.05) is 4.90 Å². The third-order valence-electron chi connectivity index (χ3n) is 3.70. The number of hydrogen-bond acceptors (Lipinski definition) is 5. The van der Waals surface area contributed by atoms with Crippen molar-refractivity contribution >= 4 is 17.2 Å². The fraction of sp³-hybridized carbons (Fsp3) is 0. The average molecular weight is 332 g/mol. The van der Waals surface area contributed by atoms with Gasteiger partial charge < -0.3 is 0 Å². The maximum atomic E-state index is 14.4. The highest BCUT2D eigenvalue weighted by Gasteiger charge is 2.17. The van der Waals surface area contributed by atoms with E-state index < -0.39 is 0 Å². The lowest BCUT2D eigenvalue weighted by atomic mass is 10.1. The van der Waals surface area contributed by atoms with E-state index in [0.717, 1.165) is 11.3 Å². The highest BCUT2D eigenvalue weighted by Crippen LogP contribution is 2.35. The molecule has 6 nitrogen and oxygen atoms in total. The summed E-state index contributed by atoms with van der Waals surface area (Å²) in [6, 6.07) is 19.6. The molecule has 4 rings (SSSR count). The molecule has 0 atom stereocenters. The molecule has 25 heavy (non-hydrogen) atoms. The molecule has 0 saturated heterocycles. The normalized spacial score (nSPS) is 10.6. The van der Waals surface area contributed by atoms with Crippen molar-refractivity contribution in [1.29, 1.82) is 0 Å². The van der Waals surface area contributed by atoms with E-state index in [1.807, 2.05) is 42.5 Å². The quantitative estimate of drug-likeness (QED) is 0.614. The smallest absolute Gasteiger partial charge is 0.204 e. The fourth-order valence-corrected chi connectivity index (χ4v) is 2.56. The first-order valence-electron chi connectivity index (χ1n) is 7.62. The predicted molar refractivity (Wildman–Crippen MR) is 92.0 cm³/mol. The first-order valence-corrected chi connectivity index (χ1v) is 7.62. The first kappa shape index (κ1) is 14.9. The van der Waals surface area contributed by atoms with Gasteiger partial charge in [-0.1, -0.05) is 18.2 Å². The van der Waals surface area contributed by atoms with Gasteiger partial charge in [-0.2, -0.15) is 5.21 Å². The van der Waals surface area contributed by atoms with Gasteiger partial charge in [-0.3, -0.25) is 4.90 Å². The number of aromatic nitrogens is 5. The van der Waals surface area contributed by atoms with Crippen molar-refractivity contribution in [1.82, 2.24) is 25.6 Å². The number of hydrogen-bond donors (Lipinski definition) is 1. The Labute approximate surface area is 143 Å². The van der Waals surface area contributed by atoms with Crippen molar-refractivity contribution in [2.24, 2.45) is 0 Å². The van der Waals surface area contributed by atoms with Crippen LogP contribution in [0, 0.1) is 5.82 Å². The van der Waals surface area contributed by atoms with Crippen LogP contribution in [0.5, 0.6) is 0 Å². The second-order valence-corrected chi connectivity index (χ2v) is 5.26. The van der Waals surface area contributed by atoms with Crippen LogP contribution in [0.1, 0.15) is 0 Å². The second kappa shape index (κ2) is 6.48. The molecule has 0 bridgehead atoms. The summed E-state index contributed by atoms with van der Waals surface area (Å²) in [4.78, 5) is 6.12. The summed E-state index contributed by atoms with van der Waals surface area (Å²) in [5, 5.41) is 13.9. The number of nitrogens with one attached hydrogen (secondary N) is 1. The molecule has 0 saturated carbocycles. The standard InChI is InChI=1S/C18H13FN6/c19-15-5-1-2-6-16(15)25(17-7-3-4-12-20-17)14-10-8-13(9-11-14)18-21-23-24-22-18/h1-12H,(H,21,22,23,24). The number of para-hydroxylation sites is 1. The molecule has 122 valence electrons. The van der Waals surface area contributed by atoms with E-state index in [4.69, 9.17) is 0 Å². The van der Waals surface area contributed by atoms with Crippen LogP contribution < -0.4 is 4.90 Å². The minimum absolute atomic E-state index is 0.324. The molecule has 7 heteroatoms. The number of anilines is 3. The molecule has 0 fully saturated rings. The van der Waals surface area contributed by atoms with Gasteiger partial charge in [0.2, 0.25) is 5.82 Å². The highest BCUT2D eigenvalue weighted by atomic mass is 19.1. The van der Waals surface area contributed by atoms with Gasteiger partial charge >= 0.3 is 0 Å². The van der Waals surface area contributed by atoms with E-state index >= 15 is 0 Å². The van der Waals surface area contributed by atoms with Gasteiger partial charge in [-0.05, 0) is 53.7 Å². The summed E-state index contributed by atoms with van der Waals surface area (Å²) in [6.07, 6.45) is 1.68. The third kappa shape index (κ3) is 2.94. The van der Waals surface area contributed by atoms with Gasteiger partial charge in [0.25, 0.3) is 0 Å². The number of rotatable bonds is 4. The lowest BCUT2D eigenvalue weighted by Gasteiger charge is -2.24. The molecule has 2 aromatic carbocycles. The average Bonchev–Trinajstić information content (AvgIpc) is 3.20. The summed E-state index contributed by atoms with van der Waals surface area (Å²) >= 11 is 0. The van der Waals surface area contributed by atoms with Crippen LogP contribution in [-0.2, 0) is 0 Å². The molecule has 0 aliphatic carbocycles. The summed E-state index contributed by atoms with van der Waals surface area (Å²) in [7, 11) is 0. The van der Waals surface area contributed by atoms with Crippen LogP contribution in [0.4, 0.5) is 21.6 Å². The number of aromatic amines is 1. The van der Waals surface area contributed by atoms with Gasteiger partial charge in [-0.25, -0.2) is 9.37 Å². The van der Waals surface area contributed by atoms with Gasteiger partial charge in [0, 0.05) is 17.4 Å². The van der Waals surface area contributed by atoms with E-state index in [-0.39, 0.29) is 5.82 Å². The Bertz CT molecular complexity index is 955. The van der Waals surface area contributed by atoms with E-state index in [0.29, 0.717) is 17.3 Å². The lowest BCUT2D eigenvalue weighted by Crippen LogP contribution is -2.12. The maximum absolute atomic E-state index is 14.4. The minimum Gasteiger partial charge on any atom is -0.292 e. The van der Waals surface area contributed by atoms with E-state index in [1.54, 1.807) is 29.3 Å². The molecule has 2 aromatic heterocycles. The largest absolute Gasteiger partial charge is 0.292 e. The maximum Gasteiger partial charge on any atom is 0.204 e. The van der Waals surface area contributed by atoms with E-state index in [1.165, 1.54) is 6.07 Å². The zero-order valence-corrected chi connectivity index (χ0v) is 13.0. The van der Waals surface area contributed by atoms with Crippen molar-refractivity contribution in [3.05, 3.63) is 78.7 Å². The summed E-state index contributed by atoms with van der Waals surface area (Å²) in [6.45, 7) is 0.